The fraction of sp³-hybridized carbons (Fsp3) is 0.417. The molecule has 1 aliphatic carbocycles. The Labute approximate surface area is 105 Å². The number of carbonyl (C=O) groups is 1. The van der Waals surface area contributed by atoms with E-state index < -0.39 is 6.10 Å². The lowest BCUT2D eigenvalue weighted by molar-refractivity contribution is -0.127. The number of hydrogen-bond acceptors (Lipinski definition) is 3. The fourth-order valence-electron chi connectivity index (χ4n) is 1.43. The smallest absolute Gasteiger partial charge is 0.260 e. The van der Waals surface area contributed by atoms with E-state index in [2.05, 4.69) is 5.32 Å². The number of amides is 1. The van der Waals surface area contributed by atoms with Gasteiger partial charge in [0.25, 0.3) is 5.91 Å². The first-order chi connectivity index (χ1) is 8.08. The molecule has 92 valence electrons. The quantitative estimate of drug-likeness (QED) is 0.808. The molecule has 1 unspecified atom stereocenters. The average Bonchev–Trinajstić information content (AvgIpc) is 3.07. The normalized spacial score (nSPS) is 16.4. The highest BCUT2D eigenvalue weighted by atomic mass is 35.5. The molecule has 5 heteroatoms. The molecule has 1 atom stereocenters. The lowest BCUT2D eigenvalue weighted by atomic mass is 10.3. The minimum atomic E-state index is -0.599. The van der Waals surface area contributed by atoms with Crippen LogP contribution in [0.25, 0.3) is 0 Å². The number of carbonyl (C=O) groups excluding carboxylic acids is 1. The molecule has 0 bridgehead atoms. The Morgan fingerprint density at radius 1 is 1.59 bits per heavy atom. The number of halogens is 1. The zero-order chi connectivity index (χ0) is 12.4. The molecule has 0 spiro atoms. The standard InChI is InChI=1S/C12H15ClN2O2/c1-7(12(16)15-8-5-6-8)17-11-9(13)3-2-4-10(11)14/h2-4,7-8H,5-6,14H2,1H3,(H,15,16). The van der Waals surface area contributed by atoms with Crippen LogP contribution in [0.5, 0.6) is 5.75 Å². The maximum atomic E-state index is 11.7. The van der Waals surface area contributed by atoms with Gasteiger partial charge in [-0.3, -0.25) is 4.79 Å². The third kappa shape index (κ3) is 3.03. The van der Waals surface area contributed by atoms with Gasteiger partial charge in [-0.25, -0.2) is 0 Å². The van der Waals surface area contributed by atoms with Crippen LogP contribution in [0.2, 0.25) is 5.02 Å². The summed E-state index contributed by atoms with van der Waals surface area (Å²) in [5, 5.41) is 3.28. The van der Waals surface area contributed by atoms with Crippen LogP contribution in [-0.4, -0.2) is 18.1 Å². The summed E-state index contributed by atoms with van der Waals surface area (Å²) in [6.45, 7) is 1.68. The van der Waals surface area contributed by atoms with Gasteiger partial charge in [0.2, 0.25) is 0 Å². The van der Waals surface area contributed by atoms with Crippen LogP contribution in [0.4, 0.5) is 5.69 Å². The number of ether oxygens (including phenoxy) is 1. The van der Waals surface area contributed by atoms with Crippen molar-refractivity contribution >= 4 is 23.2 Å². The molecule has 1 aromatic rings. The number of para-hydroxylation sites is 1. The minimum absolute atomic E-state index is 0.133. The lowest BCUT2D eigenvalue weighted by Crippen LogP contribution is -2.37. The number of hydrogen-bond donors (Lipinski definition) is 2. The van der Waals surface area contributed by atoms with Crippen LogP contribution in [-0.2, 0) is 4.79 Å². The van der Waals surface area contributed by atoms with Crippen LogP contribution in [0.15, 0.2) is 18.2 Å². The van der Waals surface area contributed by atoms with E-state index in [1.807, 2.05) is 0 Å². The van der Waals surface area contributed by atoms with Gasteiger partial charge in [-0.1, -0.05) is 17.7 Å². The van der Waals surface area contributed by atoms with E-state index in [1.54, 1.807) is 25.1 Å². The first-order valence-electron chi connectivity index (χ1n) is 5.59. The second-order valence-corrected chi connectivity index (χ2v) is 4.61. The van der Waals surface area contributed by atoms with E-state index in [0.29, 0.717) is 22.5 Å². The molecule has 0 radical (unpaired) electrons. The molecule has 0 saturated heterocycles. The maximum absolute atomic E-state index is 11.7. The van der Waals surface area contributed by atoms with Gasteiger partial charge >= 0.3 is 0 Å². The first kappa shape index (κ1) is 12.0. The second kappa shape index (κ2) is 4.84. The number of nitrogens with one attached hydrogen (secondary N) is 1. The summed E-state index contributed by atoms with van der Waals surface area (Å²) in [5.74, 6) is 0.236. The van der Waals surface area contributed by atoms with E-state index in [-0.39, 0.29) is 5.91 Å². The Hall–Kier alpha value is -1.42. The number of nitrogens with two attached hydrogens (primary N) is 1. The van der Waals surface area contributed by atoms with Crippen molar-refractivity contribution in [3.05, 3.63) is 23.2 Å². The van der Waals surface area contributed by atoms with Gasteiger partial charge in [-0.2, -0.15) is 0 Å². The van der Waals surface area contributed by atoms with Gasteiger partial charge in [0.1, 0.15) is 0 Å². The zero-order valence-electron chi connectivity index (χ0n) is 9.57. The van der Waals surface area contributed by atoms with E-state index in [1.165, 1.54) is 0 Å². The first-order valence-corrected chi connectivity index (χ1v) is 5.96. The third-order valence-corrected chi connectivity index (χ3v) is 2.88. The molecule has 1 fully saturated rings. The summed E-state index contributed by atoms with van der Waals surface area (Å²) in [4.78, 5) is 11.7. The largest absolute Gasteiger partial charge is 0.477 e. The van der Waals surface area contributed by atoms with Gasteiger partial charge in [0, 0.05) is 6.04 Å². The molecule has 2 rings (SSSR count). The molecule has 0 aromatic heterocycles. The van der Waals surface area contributed by atoms with Crippen LogP contribution >= 0.6 is 11.6 Å². The van der Waals surface area contributed by atoms with Crippen molar-refractivity contribution in [2.45, 2.75) is 31.9 Å². The topological polar surface area (TPSA) is 64.3 Å². The number of nitrogen functional groups attached to an aromatic ring is 1. The predicted octanol–water partition coefficient (Wildman–Crippen LogP) is 1.97. The van der Waals surface area contributed by atoms with Crippen molar-refractivity contribution in [1.82, 2.24) is 5.32 Å². The van der Waals surface area contributed by atoms with E-state index in [9.17, 15) is 4.79 Å². The Kier molecular flexibility index (Phi) is 3.43. The Morgan fingerprint density at radius 2 is 2.29 bits per heavy atom. The molecular weight excluding hydrogens is 240 g/mol. The minimum Gasteiger partial charge on any atom is -0.477 e. The van der Waals surface area contributed by atoms with Crippen molar-refractivity contribution in [1.29, 1.82) is 0 Å². The summed E-state index contributed by atoms with van der Waals surface area (Å²) in [7, 11) is 0. The molecule has 1 aliphatic rings. The number of benzene rings is 1. The number of anilines is 1. The fourth-order valence-corrected chi connectivity index (χ4v) is 1.65. The Bertz CT molecular complexity index is 412. The summed E-state index contributed by atoms with van der Waals surface area (Å²) < 4.78 is 5.50. The van der Waals surface area contributed by atoms with Gasteiger partial charge < -0.3 is 15.8 Å². The second-order valence-electron chi connectivity index (χ2n) is 4.20. The van der Waals surface area contributed by atoms with Crippen LogP contribution in [0.3, 0.4) is 0 Å². The third-order valence-electron chi connectivity index (χ3n) is 2.59. The van der Waals surface area contributed by atoms with Gasteiger partial charge in [-0.15, -0.1) is 0 Å². The van der Waals surface area contributed by atoms with Crippen molar-refractivity contribution in [2.24, 2.45) is 0 Å². The highest BCUT2D eigenvalue weighted by Gasteiger charge is 2.26. The van der Waals surface area contributed by atoms with Crippen molar-refractivity contribution < 1.29 is 9.53 Å². The average molecular weight is 255 g/mol. The molecule has 1 aromatic carbocycles. The van der Waals surface area contributed by atoms with E-state index in [0.717, 1.165) is 12.8 Å². The van der Waals surface area contributed by atoms with Crippen LogP contribution < -0.4 is 15.8 Å². The number of rotatable bonds is 4. The van der Waals surface area contributed by atoms with Gasteiger partial charge in [0.15, 0.2) is 11.9 Å². The summed E-state index contributed by atoms with van der Waals surface area (Å²) in [5.41, 5.74) is 6.18. The molecule has 3 N–H and O–H groups in total. The SMILES string of the molecule is CC(Oc1c(N)cccc1Cl)C(=O)NC1CC1. The Balaban J connectivity index is 2.01. The predicted molar refractivity (Wildman–Crippen MR) is 67.1 cm³/mol. The van der Waals surface area contributed by atoms with E-state index >= 15 is 0 Å². The van der Waals surface area contributed by atoms with Crippen LogP contribution in [0, 0.1) is 0 Å². The van der Waals surface area contributed by atoms with Crippen molar-refractivity contribution in [3.8, 4) is 5.75 Å². The molecular formula is C12H15ClN2O2. The molecule has 1 saturated carbocycles. The van der Waals surface area contributed by atoms with Crippen LogP contribution in [0.1, 0.15) is 19.8 Å². The summed E-state index contributed by atoms with van der Waals surface area (Å²) >= 11 is 5.96. The molecule has 1 amide bonds. The van der Waals surface area contributed by atoms with Crippen molar-refractivity contribution in [3.63, 3.8) is 0 Å². The lowest BCUT2D eigenvalue weighted by Gasteiger charge is -2.16. The van der Waals surface area contributed by atoms with Gasteiger partial charge in [-0.05, 0) is 31.9 Å². The molecule has 17 heavy (non-hydrogen) atoms. The van der Waals surface area contributed by atoms with Crippen molar-refractivity contribution in [2.75, 3.05) is 5.73 Å². The maximum Gasteiger partial charge on any atom is 0.260 e. The summed E-state index contributed by atoms with van der Waals surface area (Å²) in [6.07, 6.45) is 1.50. The highest BCUT2D eigenvalue weighted by molar-refractivity contribution is 6.32. The monoisotopic (exact) mass is 254 g/mol. The molecule has 4 nitrogen and oxygen atoms in total. The van der Waals surface area contributed by atoms with E-state index in [4.69, 9.17) is 22.1 Å². The molecule has 0 aliphatic heterocycles. The molecule has 0 heterocycles. The highest BCUT2D eigenvalue weighted by Crippen LogP contribution is 2.31. The zero-order valence-corrected chi connectivity index (χ0v) is 10.3. The Morgan fingerprint density at radius 3 is 2.88 bits per heavy atom. The summed E-state index contributed by atoms with van der Waals surface area (Å²) in [6, 6.07) is 5.42. The van der Waals surface area contributed by atoms with Gasteiger partial charge in [0.05, 0.1) is 10.7 Å².